The number of benzene rings is 1. The van der Waals surface area contributed by atoms with Crippen LogP contribution in [-0.4, -0.2) is 13.1 Å². The van der Waals surface area contributed by atoms with Crippen molar-refractivity contribution in [3.63, 3.8) is 0 Å². The van der Waals surface area contributed by atoms with Gasteiger partial charge in [-0.05, 0) is 55.7 Å². The summed E-state index contributed by atoms with van der Waals surface area (Å²) in [5.41, 5.74) is 1.56. The van der Waals surface area contributed by atoms with Crippen molar-refractivity contribution in [2.45, 2.75) is 50.9 Å². The molecule has 0 atom stereocenters. The van der Waals surface area contributed by atoms with E-state index in [4.69, 9.17) is 0 Å². The van der Waals surface area contributed by atoms with E-state index in [1.165, 1.54) is 32.1 Å². The first kappa shape index (κ1) is 13.1. The van der Waals surface area contributed by atoms with Crippen LogP contribution >= 0.6 is 0 Å². The number of nitrogens with one attached hydrogen (secondary N) is 1. The third-order valence-corrected chi connectivity index (χ3v) is 5.18. The Kier molecular flexibility index (Phi) is 3.38. The lowest BCUT2D eigenvalue weighted by Crippen LogP contribution is -2.57. The summed E-state index contributed by atoms with van der Waals surface area (Å²) in [6, 6.07) is 7.38. The fourth-order valence-electron chi connectivity index (χ4n) is 4.22. The summed E-state index contributed by atoms with van der Waals surface area (Å²) < 4.78 is 14.2. The van der Waals surface area contributed by atoms with Crippen LogP contribution in [0.25, 0.3) is 0 Å². The van der Waals surface area contributed by atoms with Crippen molar-refractivity contribution in [3.8, 4) is 0 Å². The Bertz CT molecular complexity index is 442. The van der Waals surface area contributed by atoms with E-state index >= 15 is 0 Å². The highest BCUT2D eigenvalue weighted by molar-refractivity contribution is 5.33. The molecule has 2 fully saturated rings. The van der Waals surface area contributed by atoms with Crippen LogP contribution in [0.5, 0.6) is 0 Å². The maximum absolute atomic E-state index is 14.2. The zero-order valence-electron chi connectivity index (χ0n) is 11.8. The molecule has 1 aromatic rings. The second-order valence-corrected chi connectivity index (χ2v) is 6.64. The van der Waals surface area contributed by atoms with E-state index < -0.39 is 0 Å². The standard InChI is InChI=1S/C17H24FN/c1-2-10-19-13-17(11-16(12-17)8-5-9-16)14-6-3-4-7-15(14)18/h3-4,6-7,19H,2,5,8-13H2,1H3. The molecule has 19 heavy (non-hydrogen) atoms. The van der Waals surface area contributed by atoms with Crippen molar-refractivity contribution in [2.75, 3.05) is 13.1 Å². The summed E-state index contributed by atoms with van der Waals surface area (Å²) in [5, 5.41) is 3.52. The maximum atomic E-state index is 14.2. The van der Waals surface area contributed by atoms with E-state index in [9.17, 15) is 4.39 Å². The average molecular weight is 261 g/mol. The molecule has 1 spiro atoms. The molecule has 0 heterocycles. The number of rotatable bonds is 5. The highest BCUT2D eigenvalue weighted by atomic mass is 19.1. The van der Waals surface area contributed by atoms with Crippen molar-refractivity contribution < 1.29 is 4.39 Å². The first-order valence-corrected chi connectivity index (χ1v) is 7.66. The van der Waals surface area contributed by atoms with Crippen LogP contribution in [0.15, 0.2) is 24.3 Å². The molecule has 3 rings (SSSR count). The summed E-state index contributed by atoms with van der Waals surface area (Å²) in [4.78, 5) is 0. The molecule has 0 amide bonds. The zero-order valence-corrected chi connectivity index (χ0v) is 11.8. The van der Waals surface area contributed by atoms with Gasteiger partial charge in [-0.25, -0.2) is 4.39 Å². The van der Waals surface area contributed by atoms with Crippen LogP contribution < -0.4 is 5.32 Å². The van der Waals surface area contributed by atoms with Crippen LogP contribution in [0.3, 0.4) is 0 Å². The van der Waals surface area contributed by atoms with E-state index in [1.54, 1.807) is 12.1 Å². The lowest BCUT2D eigenvalue weighted by Gasteiger charge is -2.61. The predicted molar refractivity (Wildman–Crippen MR) is 76.8 cm³/mol. The highest BCUT2D eigenvalue weighted by Crippen LogP contribution is 2.64. The SMILES string of the molecule is CCCNCC1(c2ccccc2F)CC2(CCC2)C1. The minimum Gasteiger partial charge on any atom is -0.316 e. The van der Waals surface area contributed by atoms with E-state index in [2.05, 4.69) is 12.2 Å². The van der Waals surface area contributed by atoms with Crippen LogP contribution in [-0.2, 0) is 5.41 Å². The Morgan fingerprint density at radius 3 is 2.53 bits per heavy atom. The van der Waals surface area contributed by atoms with Crippen molar-refractivity contribution in [1.29, 1.82) is 0 Å². The second kappa shape index (κ2) is 4.90. The molecule has 0 bridgehead atoms. The summed E-state index contributed by atoms with van der Waals surface area (Å²) in [7, 11) is 0. The first-order chi connectivity index (χ1) is 9.20. The van der Waals surface area contributed by atoms with Gasteiger partial charge >= 0.3 is 0 Å². The largest absolute Gasteiger partial charge is 0.316 e. The van der Waals surface area contributed by atoms with Crippen LogP contribution in [0, 0.1) is 11.2 Å². The lowest BCUT2D eigenvalue weighted by molar-refractivity contribution is -0.0495. The number of halogens is 1. The summed E-state index contributed by atoms with van der Waals surface area (Å²) in [6.07, 6.45) is 7.58. The summed E-state index contributed by atoms with van der Waals surface area (Å²) >= 11 is 0. The van der Waals surface area contributed by atoms with Gasteiger partial charge in [0, 0.05) is 12.0 Å². The molecule has 104 valence electrons. The van der Waals surface area contributed by atoms with Gasteiger partial charge in [-0.15, -0.1) is 0 Å². The van der Waals surface area contributed by atoms with Crippen molar-refractivity contribution >= 4 is 0 Å². The fourth-order valence-corrected chi connectivity index (χ4v) is 4.22. The zero-order chi connectivity index (χ0) is 13.3. The van der Waals surface area contributed by atoms with Crippen molar-refractivity contribution in [1.82, 2.24) is 5.32 Å². The van der Waals surface area contributed by atoms with Gasteiger partial charge in [0.1, 0.15) is 5.82 Å². The number of hydrogen-bond donors (Lipinski definition) is 1. The smallest absolute Gasteiger partial charge is 0.127 e. The molecule has 1 N–H and O–H groups in total. The lowest BCUT2D eigenvalue weighted by atomic mass is 9.43. The molecule has 0 aliphatic heterocycles. The average Bonchev–Trinajstić information content (AvgIpc) is 2.31. The molecule has 2 aliphatic rings. The van der Waals surface area contributed by atoms with Crippen molar-refractivity contribution in [2.24, 2.45) is 5.41 Å². The minimum atomic E-state index is -0.0185. The Morgan fingerprint density at radius 1 is 1.21 bits per heavy atom. The second-order valence-electron chi connectivity index (χ2n) is 6.64. The van der Waals surface area contributed by atoms with Gasteiger partial charge in [-0.1, -0.05) is 31.5 Å². The van der Waals surface area contributed by atoms with Gasteiger partial charge in [0.15, 0.2) is 0 Å². The first-order valence-electron chi connectivity index (χ1n) is 7.66. The monoisotopic (exact) mass is 261 g/mol. The topological polar surface area (TPSA) is 12.0 Å². The molecule has 0 aromatic heterocycles. The van der Waals surface area contributed by atoms with E-state index in [1.807, 2.05) is 12.1 Å². The van der Waals surface area contributed by atoms with Gasteiger partial charge in [0.05, 0.1) is 0 Å². The molecule has 2 aliphatic carbocycles. The van der Waals surface area contributed by atoms with Crippen molar-refractivity contribution in [3.05, 3.63) is 35.6 Å². The Morgan fingerprint density at radius 2 is 1.95 bits per heavy atom. The van der Waals surface area contributed by atoms with Crippen LogP contribution in [0.2, 0.25) is 0 Å². The summed E-state index contributed by atoms with van der Waals surface area (Å²) in [6.45, 7) is 4.14. The molecular formula is C17H24FN. The third kappa shape index (κ3) is 2.20. The normalized spacial score (nSPS) is 22.8. The van der Waals surface area contributed by atoms with E-state index in [0.717, 1.165) is 25.1 Å². The Hall–Kier alpha value is -0.890. The molecule has 0 unspecified atom stereocenters. The third-order valence-electron chi connectivity index (χ3n) is 5.18. The van der Waals surface area contributed by atoms with E-state index in [-0.39, 0.29) is 11.2 Å². The fraction of sp³-hybridized carbons (Fsp3) is 0.647. The molecule has 2 saturated carbocycles. The maximum Gasteiger partial charge on any atom is 0.127 e. The predicted octanol–water partition coefficient (Wildman–Crippen LogP) is 4.03. The number of hydrogen-bond acceptors (Lipinski definition) is 1. The van der Waals surface area contributed by atoms with Gasteiger partial charge in [0.25, 0.3) is 0 Å². The Balaban J connectivity index is 1.79. The Labute approximate surface area is 115 Å². The summed E-state index contributed by atoms with van der Waals surface area (Å²) in [5.74, 6) is -0.0185. The molecule has 0 radical (unpaired) electrons. The minimum absolute atomic E-state index is 0.0185. The molecule has 2 heteroatoms. The molecular weight excluding hydrogens is 237 g/mol. The van der Waals surface area contributed by atoms with E-state index in [0.29, 0.717) is 5.41 Å². The van der Waals surface area contributed by atoms with Gasteiger partial charge in [-0.3, -0.25) is 0 Å². The van der Waals surface area contributed by atoms with Gasteiger partial charge in [0.2, 0.25) is 0 Å². The highest BCUT2D eigenvalue weighted by Gasteiger charge is 2.57. The molecule has 0 saturated heterocycles. The van der Waals surface area contributed by atoms with Gasteiger partial charge < -0.3 is 5.32 Å². The van der Waals surface area contributed by atoms with Gasteiger partial charge in [-0.2, -0.15) is 0 Å². The van der Waals surface area contributed by atoms with Crippen LogP contribution in [0.1, 0.15) is 51.0 Å². The molecule has 1 nitrogen and oxygen atoms in total. The molecule has 1 aromatic carbocycles. The quantitative estimate of drug-likeness (QED) is 0.789. The van der Waals surface area contributed by atoms with Crippen LogP contribution in [0.4, 0.5) is 4.39 Å².